The fourth-order valence-electron chi connectivity index (χ4n) is 4.40. The van der Waals surface area contributed by atoms with Gasteiger partial charge < -0.3 is 10.2 Å². The van der Waals surface area contributed by atoms with Crippen molar-refractivity contribution < 1.29 is 18.0 Å². The van der Waals surface area contributed by atoms with E-state index in [1.165, 1.54) is 4.90 Å². The summed E-state index contributed by atoms with van der Waals surface area (Å²) in [6, 6.07) is 22.4. The third-order valence-electron chi connectivity index (χ3n) is 6.68. The number of halogens is 1. The standard InChI is InChI=1S/C31H38BrN3O4S/c1-4-6-20-33-31(37)29(5-2)34(21-19-25-11-8-7-9-12-25)30(36)23-35(27-14-10-13-26(32)22-27)40(38,39)28-17-15-24(3)16-18-28/h7-18,22,29H,4-6,19-21,23H2,1-3H3,(H,33,37)/t29-/m1/s1. The number of nitrogens with one attached hydrogen (secondary N) is 1. The predicted octanol–water partition coefficient (Wildman–Crippen LogP) is 5.72. The van der Waals surface area contributed by atoms with E-state index in [0.717, 1.165) is 28.3 Å². The molecular formula is C31H38BrN3O4S. The van der Waals surface area contributed by atoms with E-state index in [-0.39, 0.29) is 17.3 Å². The van der Waals surface area contributed by atoms with Gasteiger partial charge >= 0.3 is 0 Å². The Morgan fingerprint density at radius 3 is 2.27 bits per heavy atom. The zero-order valence-electron chi connectivity index (χ0n) is 23.3. The predicted molar refractivity (Wildman–Crippen MR) is 164 cm³/mol. The minimum atomic E-state index is -4.09. The molecule has 1 atom stereocenters. The number of anilines is 1. The van der Waals surface area contributed by atoms with Crippen LogP contribution in [0, 0.1) is 6.92 Å². The van der Waals surface area contributed by atoms with Gasteiger partial charge in [0.05, 0.1) is 10.6 Å². The SMILES string of the molecule is CCCCNC(=O)[C@@H](CC)N(CCc1ccccc1)C(=O)CN(c1cccc(Br)c1)S(=O)(=O)c1ccc(C)cc1. The Kier molecular flexibility index (Phi) is 11.8. The number of sulfonamides is 1. The Morgan fingerprint density at radius 1 is 0.950 bits per heavy atom. The molecule has 214 valence electrons. The van der Waals surface area contributed by atoms with E-state index in [1.54, 1.807) is 48.5 Å². The summed E-state index contributed by atoms with van der Waals surface area (Å²) in [6.45, 7) is 6.15. The zero-order chi connectivity index (χ0) is 29.1. The average Bonchev–Trinajstić information content (AvgIpc) is 2.94. The summed E-state index contributed by atoms with van der Waals surface area (Å²) in [4.78, 5) is 28.9. The number of rotatable bonds is 14. The van der Waals surface area contributed by atoms with Crippen molar-refractivity contribution >= 4 is 43.5 Å². The van der Waals surface area contributed by atoms with E-state index in [0.29, 0.717) is 29.5 Å². The van der Waals surface area contributed by atoms with Crippen LogP contribution < -0.4 is 9.62 Å². The number of aryl methyl sites for hydroxylation is 1. The molecule has 0 fully saturated rings. The van der Waals surface area contributed by atoms with E-state index >= 15 is 0 Å². The lowest BCUT2D eigenvalue weighted by Crippen LogP contribution is -2.53. The number of hydrogen-bond donors (Lipinski definition) is 1. The molecule has 2 amide bonds. The maximum Gasteiger partial charge on any atom is 0.264 e. The van der Waals surface area contributed by atoms with Crippen LogP contribution in [0.5, 0.6) is 0 Å². The summed E-state index contributed by atoms with van der Waals surface area (Å²) in [6.07, 6.45) is 2.71. The molecule has 3 aromatic carbocycles. The van der Waals surface area contributed by atoms with Gasteiger partial charge in [-0.2, -0.15) is 0 Å². The van der Waals surface area contributed by atoms with Crippen molar-refractivity contribution in [1.82, 2.24) is 10.2 Å². The fraction of sp³-hybridized carbons (Fsp3) is 0.355. The molecule has 3 rings (SSSR count). The highest BCUT2D eigenvalue weighted by molar-refractivity contribution is 9.10. The summed E-state index contributed by atoms with van der Waals surface area (Å²) in [7, 11) is -4.09. The first-order chi connectivity index (χ1) is 19.2. The summed E-state index contributed by atoms with van der Waals surface area (Å²) in [5, 5.41) is 2.95. The minimum absolute atomic E-state index is 0.0889. The number of benzene rings is 3. The quantitative estimate of drug-likeness (QED) is 0.232. The van der Waals surface area contributed by atoms with Crippen LogP contribution in [-0.4, -0.2) is 50.8 Å². The van der Waals surface area contributed by atoms with Gasteiger partial charge in [0, 0.05) is 17.6 Å². The highest BCUT2D eigenvalue weighted by Crippen LogP contribution is 2.27. The molecule has 9 heteroatoms. The molecule has 3 aromatic rings. The van der Waals surface area contributed by atoms with E-state index in [1.807, 2.05) is 51.1 Å². The molecule has 0 aliphatic carbocycles. The number of carbonyl (C=O) groups excluding carboxylic acids is 2. The van der Waals surface area contributed by atoms with Gasteiger partial charge in [-0.1, -0.05) is 90.3 Å². The lowest BCUT2D eigenvalue weighted by molar-refractivity contribution is -0.139. The molecule has 0 aliphatic heterocycles. The Hall–Kier alpha value is -3.17. The van der Waals surface area contributed by atoms with Crippen LogP contribution in [-0.2, 0) is 26.0 Å². The van der Waals surface area contributed by atoms with E-state index in [4.69, 9.17) is 0 Å². The van der Waals surface area contributed by atoms with Gasteiger partial charge in [-0.25, -0.2) is 8.42 Å². The Morgan fingerprint density at radius 2 is 1.65 bits per heavy atom. The fourth-order valence-corrected chi connectivity index (χ4v) is 6.19. The first-order valence-electron chi connectivity index (χ1n) is 13.6. The van der Waals surface area contributed by atoms with Crippen LogP contribution in [0.3, 0.4) is 0 Å². The van der Waals surface area contributed by atoms with E-state index in [2.05, 4.69) is 21.2 Å². The van der Waals surface area contributed by atoms with Crippen molar-refractivity contribution in [3.63, 3.8) is 0 Å². The van der Waals surface area contributed by atoms with Crippen molar-refractivity contribution in [1.29, 1.82) is 0 Å². The molecule has 0 aliphatic rings. The van der Waals surface area contributed by atoms with Crippen molar-refractivity contribution in [3.05, 3.63) is 94.5 Å². The van der Waals surface area contributed by atoms with Crippen LogP contribution in [0.1, 0.15) is 44.2 Å². The molecule has 0 spiro atoms. The van der Waals surface area contributed by atoms with Crippen LogP contribution >= 0.6 is 15.9 Å². The molecular weight excluding hydrogens is 590 g/mol. The second-order valence-electron chi connectivity index (χ2n) is 9.70. The lowest BCUT2D eigenvalue weighted by atomic mass is 10.1. The smallest absolute Gasteiger partial charge is 0.264 e. The second kappa shape index (κ2) is 15.0. The monoisotopic (exact) mass is 627 g/mol. The summed E-state index contributed by atoms with van der Waals surface area (Å²) in [5.74, 6) is -0.670. The van der Waals surface area contributed by atoms with Crippen molar-refractivity contribution in [3.8, 4) is 0 Å². The molecule has 0 aromatic heterocycles. The maximum absolute atomic E-state index is 14.0. The van der Waals surface area contributed by atoms with Crippen molar-refractivity contribution in [2.45, 2.75) is 57.4 Å². The largest absolute Gasteiger partial charge is 0.354 e. The molecule has 0 bridgehead atoms. The number of nitrogens with zero attached hydrogens (tertiary/aromatic N) is 2. The molecule has 0 unspecified atom stereocenters. The van der Waals surface area contributed by atoms with Gasteiger partial charge in [0.25, 0.3) is 10.0 Å². The lowest BCUT2D eigenvalue weighted by Gasteiger charge is -2.33. The van der Waals surface area contributed by atoms with Crippen molar-refractivity contribution in [2.75, 3.05) is 23.9 Å². The molecule has 0 heterocycles. The van der Waals surface area contributed by atoms with Crippen LogP contribution in [0.4, 0.5) is 5.69 Å². The second-order valence-corrected chi connectivity index (χ2v) is 12.5. The topological polar surface area (TPSA) is 86.8 Å². The third kappa shape index (κ3) is 8.41. The Labute approximate surface area is 246 Å². The van der Waals surface area contributed by atoms with E-state index < -0.39 is 28.5 Å². The van der Waals surface area contributed by atoms with Crippen LogP contribution in [0.2, 0.25) is 0 Å². The number of hydrogen-bond acceptors (Lipinski definition) is 4. The number of amides is 2. The van der Waals surface area contributed by atoms with Crippen LogP contribution in [0.15, 0.2) is 88.2 Å². The number of carbonyl (C=O) groups is 2. The normalized spacial score (nSPS) is 12.0. The molecule has 40 heavy (non-hydrogen) atoms. The highest BCUT2D eigenvalue weighted by Gasteiger charge is 2.33. The summed E-state index contributed by atoms with van der Waals surface area (Å²) >= 11 is 3.42. The number of unbranched alkanes of at least 4 members (excludes halogenated alkanes) is 1. The molecule has 1 N–H and O–H groups in total. The summed E-state index contributed by atoms with van der Waals surface area (Å²) in [5.41, 5.74) is 2.31. The molecule has 0 radical (unpaired) electrons. The van der Waals surface area contributed by atoms with Crippen molar-refractivity contribution in [2.24, 2.45) is 0 Å². The Balaban J connectivity index is 1.98. The Bertz CT molecular complexity index is 1360. The molecule has 0 saturated carbocycles. The van der Waals surface area contributed by atoms with E-state index in [9.17, 15) is 18.0 Å². The highest BCUT2D eigenvalue weighted by atomic mass is 79.9. The first-order valence-corrected chi connectivity index (χ1v) is 15.9. The van der Waals surface area contributed by atoms with Gasteiger partial charge in [0.15, 0.2) is 0 Å². The van der Waals surface area contributed by atoms with Gasteiger partial charge in [-0.3, -0.25) is 13.9 Å². The molecule has 7 nitrogen and oxygen atoms in total. The maximum atomic E-state index is 14.0. The zero-order valence-corrected chi connectivity index (χ0v) is 25.7. The van der Waals surface area contributed by atoms with Gasteiger partial charge in [0.1, 0.15) is 12.6 Å². The minimum Gasteiger partial charge on any atom is -0.354 e. The first kappa shape index (κ1) is 31.4. The summed E-state index contributed by atoms with van der Waals surface area (Å²) < 4.78 is 29.6. The third-order valence-corrected chi connectivity index (χ3v) is 8.97. The van der Waals surface area contributed by atoms with Crippen LogP contribution in [0.25, 0.3) is 0 Å². The van der Waals surface area contributed by atoms with Gasteiger partial charge in [0.2, 0.25) is 11.8 Å². The average molecular weight is 629 g/mol. The molecule has 0 saturated heterocycles. The van der Waals surface area contributed by atoms with Gasteiger partial charge in [-0.05, 0) is 62.1 Å². The van der Waals surface area contributed by atoms with Gasteiger partial charge in [-0.15, -0.1) is 0 Å².